The number of rotatable bonds is 5. The summed E-state index contributed by atoms with van der Waals surface area (Å²) in [5, 5.41) is 20.0. The highest BCUT2D eigenvalue weighted by Gasteiger charge is 2.08. The summed E-state index contributed by atoms with van der Waals surface area (Å²) in [5.74, 6) is -1.24. The van der Waals surface area contributed by atoms with Crippen LogP contribution in [0.5, 0.6) is 11.5 Å². The van der Waals surface area contributed by atoms with Gasteiger partial charge in [0.15, 0.2) is 11.5 Å². The first-order valence-corrected chi connectivity index (χ1v) is 4.87. The Morgan fingerprint density at radius 1 is 1.41 bits per heavy atom. The van der Waals surface area contributed by atoms with Gasteiger partial charge in [0.05, 0.1) is 13.5 Å². The van der Waals surface area contributed by atoms with Crippen LogP contribution in [0.25, 0.3) is 0 Å². The zero-order valence-corrected chi connectivity index (χ0v) is 9.27. The van der Waals surface area contributed by atoms with Gasteiger partial charge in [-0.15, -0.1) is 0 Å². The highest BCUT2D eigenvalue weighted by Crippen LogP contribution is 2.26. The summed E-state index contributed by atoms with van der Waals surface area (Å²) in [6.07, 6.45) is 0.0317. The third-order valence-electron chi connectivity index (χ3n) is 2.05. The molecule has 3 N–H and O–H groups in total. The summed E-state index contributed by atoms with van der Waals surface area (Å²) in [6.45, 7) is -0.409. The molecule has 0 atom stereocenters. The van der Waals surface area contributed by atoms with E-state index in [1.807, 2.05) is 0 Å². The number of amides is 1. The van der Waals surface area contributed by atoms with E-state index in [1.165, 1.54) is 19.2 Å². The maximum atomic E-state index is 11.3. The summed E-state index contributed by atoms with van der Waals surface area (Å²) in [5.41, 5.74) is 0.627. The second kappa shape index (κ2) is 5.74. The SMILES string of the molecule is COc1cc(CC(=O)NCC(=O)O)ccc1O. The minimum absolute atomic E-state index is 0.0119. The van der Waals surface area contributed by atoms with E-state index in [-0.39, 0.29) is 17.9 Å². The topological polar surface area (TPSA) is 95.9 Å². The van der Waals surface area contributed by atoms with Gasteiger partial charge < -0.3 is 20.3 Å². The Balaban J connectivity index is 2.62. The van der Waals surface area contributed by atoms with Crippen molar-refractivity contribution in [3.63, 3.8) is 0 Å². The van der Waals surface area contributed by atoms with E-state index < -0.39 is 18.4 Å². The Kier molecular flexibility index (Phi) is 4.33. The van der Waals surface area contributed by atoms with Crippen molar-refractivity contribution in [1.82, 2.24) is 5.32 Å². The first-order valence-electron chi connectivity index (χ1n) is 4.87. The van der Waals surface area contributed by atoms with E-state index in [1.54, 1.807) is 6.07 Å². The van der Waals surface area contributed by atoms with Crippen LogP contribution in [-0.4, -0.2) is 35.7 Å². The molecule has 1 aromatic carbocycles. The zero-order valence-electron chi connectivity index (χ0n) is 9.27. The molecule has 0 aliphatic heterocycles. The molecule has 17 heavy (non-hydrogen) atoms. The third kappa shape index (κ3) is 4.02. The van der Waals surface area contributed by atoms with Gasteiger partial charge in [-0.2, -0.15) is 0 Å². The van der Waals surface area contributed by atoms with Crippen LogP contribution in [0.4, 0.5) is 0 Å². The van der Waals surface area contributed by atoms with Crippen molar-refractivity contribution in [3.05, 3.63) is 23.8 Å². The number of benzene rings is 1. The van der Waals surface area contributed by atoms with E-state index in [0.717, 1.165) is 0 Å². The van der Waals surface area contributed by atoms with Gasteiger partial charge in [-0.25, -0.2) is 0 Å². The zero-order chi connectivity index (χ0) is 12.8. The van der Waals surface area contributed by atoms with Crippen LogP contribution in [0.3, 0.4) is 0 Å². The lowest BCUT2D eigenvalue weighted by Crippen LogP contribution is -2.30. The number of hydrogen-bond donors (Lipinski definition) is 3. The van der Waals surface area contributed by atoms with Gasteiger partial charge in [-0.1, -0.05) is 6.07 Å². The fourth-order valence-corrected chi connectivity index (χ4v) is 1.25. The molecule has 92 valence electrons. The first kappa shape index (κ1) is 12.8. The molecule has 0 saturated carbocycles. The van der Waals surface area contributed by atoms with Crippen LogP contribution in [-0.2, 0) is 16.0 Å². The monoisotopic (exact) mass is 239 g/mol. The molecule has 1 rings (SSSR count). The summed E-state index contributed by atoms with van der Waals surface area (Å²) in [6, 6.07) is 4.51. The summed E-state index contributed by atoms with van der Waals surface area (Å²) in [4.78, 5) is 21.6. The van der Waals surface area contributed by atoms with Gasteiger partial charge in [0.2, 0.25) is 5.91 Å². The summed E-state index contributed by atoms with van der Waals surface area (Å²) >= 11 is 0. The van der Waals surface area contributed by atoms with Crippen molar-refractivity contribution in [2.24, 2.45) is 0 Å². The van der Waals surface area contributed by atoms with Crippen molar-refractivity contribution in [2.45, 2.75) is 6.42 Å². The van der Waals surface area contributed by atoms with Crippen LogP contribution in [0.1, 0.15) is 5.56 Å². The van der Waals surface area contributed by atoms with E-state index in [2.05, 4.69) is 5.32 Å². The second-order valence-corrected chi connectivity index (χ2v) is 3.35. The average Bonchev–Trinajstić information content (AvgIpc) is 2.29. The lowest BCUT2D eigenvalue weighted by atomic mass is 10.1. The van der Waals surface area contributed by atoms with Crippen molar-refractivity contribution >= 4 is 11.9 Å². The Morgan fingerprint density at radius 2 is 2.12 bits per heavy atom. The molecule has 0 spiro atoms. The maximum Gasteiger partial charge on any atom is 0.322 e. The lowest BCUT2D eigenvalue weighted by molar-refractivity contribution is -0.137. The molecule has 0 saturated heterocycles. The van der Waals surface area contributed by atoms with Crippen molar-refractivity contribution in [1.29, 1.82) is 0 Å². The Labute approximate surface area is 97.8 Å². The van der Waals surface area contributed by atoms with Crippen molar-refractivity contribution in [2.75, 3.05) is 13.7 Å². The van der Waals surface area contributed by atoms with Gasteiger partial charge in [-0.3, -0.25) is 9.59 Å². The summed E-state index contributed by atoms with van der Waals surface area (Å²) < 4.78 is 4.89. The summed E-state index contributed by atoms with van der Waals surface area (Å²) in [7, 11) is 1.41. The van der Waals surface area contributed by atoms with E-state index >= 15 is 0 Å². The Hall–Kier alpha value is -2.24. The number of aliphatic carboxylic acids is 1. The Morgan fingerprint density at radius 3 is 2.71 bits per heavy atom. The van der Waals surface area contributed by atoms with Crippen LogP contribution >= 0.6 is 0 Å². The molecule has 0 bridgehead atoms. The van der Waals surface area contributed by atoms with Gasteiger partial charge in [0, 0.05) is 0 Å². The predicted octanol–water partition coefficient (Wildman–Crippen LogP) is 0.144. The number of phenolic OH excluding ortho intramolecular Hbond substituents is 1. The number of aromatic hydroxyl groups is 1. The number of carbonyl (C=O) groups is 2. The normalized spacial score (nSPS) is 9.71. The molecule has 0 aromatic heterocycles. The number of methoxy groups -OCH3 is 1. The predicted molar refractivity (Wildman–Crippen MR) is 59.0 cm³/mol. The minimum atomic E-state index is -1.10. The molecule has 0 unspecified atom stereocenters. The number of carboxylic acids is 1. The van der Waals surface area contributed by atoms with Crippen molar-refractivity contribution in [3.8, 4) is 11.5 Å². The van der Waals surface area contributed by atoms with Crippen LogP contribution < -0.4 is 10.1 Å². The van der Waals surface area contributed by atoms with Gasteiger partial charge >= 0.3 is 5.97 Å². The molecule has 0 aliphatic rings. The first-order chi connectivity index (χ1) is 8.02. The fraction of sp³-hybridized carbons (Fsp3) is 0.273. The molecular formula is C11H13NO5. The highest BCUT2D eigenvalue weighted by atomic mass is 16.5. The largest absolute Gasteiger partial charge is 0.504 e. The number of ether oxygens (including phenoxy) is 1. The molecular weight excluding hydrogens is 226 g/mol. The average molecular weight is 239 g/mol. The number of carbonyl (C=O) groups excluding carboxylic acids is 1. The van der Waals surface area contributed by atoms with Crippen LogP contribution in [0, 0.1) is 0 Å². The number of nitrogens with one attached hydrogen (secondary N) is 1. The molecule has 6 nitrogen and oxygen atoms in total. The van der Waals surface area contributed by atoms with E-state index in [0.29, 0.717) is 5.56 Å². The molecule has 0 aliphatic carbocycles. The van der Waals surface area contributed by atoms with Gasteiger partial charge in [0.1, 0.15) is 6.54 Å². The lowest BCUT2D eigenvalue weighted by Gasteiger charge is -2.06. The number of hydrogen-bond acceptors (Lipinski definition) is 4. The van der Waals surface area contributed by atoms with Crippen LogP contribution in [0.15, 0.2) is 18.2 Å². The molecule has 0 fully saturated rings. The molecule has 1 amide bonds. The molecule has 1 aromatic rings. The van der Waals surface area contributed by atoms with E-state index in [9.17, 15) is 14.7 Å². The van der Waals surface area contributed by atoms with Crippen molar-refractivity contribution < 1.29 is 24.5 Å². The van der Waals surface area contributed by atoms with Crippen LogP contribution in [0.2, 0.25) is 0 Å². The second-order valence-electron chi connectivity index (χ2n) is 3.35. The molecule has 0 heterocycles. The quantitative estimate of drug-likeness (QED) is 0.679. The molecule has 0 radical (unpaired) electrons. The third-order valence-corrected chi connectivity index (χ3v) is 2.05. The standard InChI is InChI=1S/C11H13NO5/c1-17-9-4-7(2-3-8(9)13)5-10(14)12-6-11(15)16/h2-4,13H,5-6H2,1H3,(H,12,14)(H,15,16). The number of phenols is 1. The smallest absolute Gasteiger partial charge is 0.322 e. The van der Waals surface area contributed by atoms with E-state index in [4.69, 9.17) is 9.84 Å². The maximum absolute atomic E-state index is 11.3. The minimum Gasteiger partial charge on any atom is -0.504 e. The van der Waals surface area contributed by atoms with Gasteiger partial charge in [0.25, 0.3) is 0 Å². The van der Waals surface area contributed by atoms with Gasteiger partial charge in [-0.05, 0) is 17.7 Å². The fourth-order valence-electron chi connectivity index (χ4n) is 1.25. The molecule has 6 heteroatoms. The highest BCUT2D eigenvalue weighted by molar-refractivity contribution is 5.82. The number of carboxylic acid groups (broad SMARTS) is 1. The Bertz CT molecular complexity index is 430.